The van der Waals surface area contributed by atoms with Crippen LogP contribution in [0.3, 0.4) is 0 Å². The highest BCUT2D eigenvalue weighted by atomic mass is 16.2. The second-order valence-corrected chi connectivity index (χ2v) is 6.99. The van der Waals surface area contributed by atoms with E-state index in [9.17, 15) is 4.79 Å². The van der Waals surface area contributed by atoms with Crippen LogP contribution in [0.2, 0.25) is 0 Å². The van der Waals surface area contributed by atoms with Gasteiger partial charge in [-0.25, -0.2) is 9.97 Å². The molecule has 1 spiro atoms. The first kappa shape index (κ1) is 13.0. The van der Waals surface area contributed by atoms with Crippen LogP contribution >= 0.6 is 0 Å². The molecule has 0 aromatic carbocycles. The molecule has 21 heavy (non-hydrogen) atoms. The highest BCUT2D eigenvalue weighted by Crippen LogP contribution is 2.58. The number of aryl methyl sites for hydroxylation is 1. The van der Waals surface area contributed by atoms with Gasteiger partial charge in [0.2, 0.25) is 11.9 Å². The predicted molar refractivity (Wildman–Crippen MR) is 79.9 cm³/mol. The zero-order valence-corrected chi connectivity index (χ0v) is 12.5. The highest BCUT2D eigenvalue weighted by molar-refractivity contribution is 5.83. The van der Waals surface area contributed by atoms with E-state index >= 15 is 0 Å². The third-order valence-corrected chi connectivity index (χ3v) is 5.39. The van der Waals surface area contributed by atoms with E-state index in [1.54, 1.807) is 0 Å². The summed E-state index contributed by atoms with van der Waals surface area (Å²) in [6.07, 6.45) is 9.44. The lowest BCUT2D eigenvalue weighted by molar-refractivity contribution is -0.124. The van der Waals surface area contributed by atoms with Gasteiger partial charge in [0.15, 0.2) is 0 Å². The molecule has 2 heterocycles. The topological polar surface area (TPSA) is 58.1 Å². The average Bonchev–Trinajstić information content (AvgIpc) is 2.97. The third-order valence-electron chi connectivity index (χ3n) is 5.39. The maximum absolute atomic E-state index is 12.3. The fraction of sp³-hybridized carbons (Fsp3) is 0.688. The molecule has 2 aliphatic carbocycles. The molecule has 1 aliphatic heterocycles. The Balaban J connectivity index is 1.38. The number of carbonyl (C=O) groups is 1. The lowest BCUT2D eigenvalue weighted by Gasteiger charge is -2.26. The first-order chi connectivity index (χ1) is 10.2. The first-order valence-corrected chi connectivity index (χ1v) is 8.00. The van der Waals surface area contributed by atoms with Crippen LogP contribution < -0.4 is 10.2 Å². The summed E-state index contributed by atoms with van der Waals surface area (Å²) in [7, 11) is 0. The van der Waals surface area contributed by atoms with E-state index in [0.717, 1.165) is 50.3 Å². The molecule has 2 saturated carbocycles. The summed E-state index contributed by atoms with van der Waals surface area (Å²) in [6.45, 7) is 3.89. The molecule has 0 radical (unpaired) electrons. The van der Waals surface area contributed by atoms with Crippen LogP contribution in [0, 0.1) is 18.3 Å². The van der Waals surface area contributed by atoms with E-state index in [2.05, 4.69) is 20.2 Å². The van der Waals surface area contributed by atoms with Gasteiger partial charge in [-0.05, 0) is 44.6 Å². The van der Waals surface area contributed by atoms with Gasteiger partial charge in [0, 0.05) is 42.9 Å². The van der Waals surface area contributed by atoms with Gasteiger partial charge < -0.3 is 10.2 Å². The number of aromatic nitrogens is 2. The Kier molecular flexibility index (Phi) is 2.91. The van der Waals surface area contributed by atoms with Gasteiger partial charge in [-0.2, -0.15) is 0 Å². The smallest absolute Gasteiger partial charge is 0.225 e. The molecule has 3 fully saturated rings. The number of nitrogens with one attached hydrogen (secondary N) is 1. The SMILES string of the molecule is Cc1cnc(N2CCC3(CC3C(=O)NC3CCC3)C2)nc1. The summed E-state index contributed by atoms with van der Waals surface area (Å²) >= 11 is 0. The Morgan fingerprint density at radius 2 is 2.14 bits per heavy atom. The quantitative estimate of drug-likeness (QED) is 0.918. The fourth-order valence-corrected chi connectivity index (χ4v) is 3.64. The van der Waals surface area contributed by atoms with Crippen LogP contribution in [0.15, 0.2) is 12.4 Å². The Morgan fingerprint density at radius 1 is 1.38 bits per heavy atom. The molecule has 5 nitrogen and oxygen atoms in total. The van der Waals surface area contributed by atoms with Crippen LogP contribution in [-0.4, -0.2) is 35.0 Å². The van der Waals surface area contributed by atoms with Gasteiger partial charge in [-0.3, -0.25) is 4.79 Å². The van der Waals surface area contributed by atoms with Crippen molar-refractivity contribution in [1.29, 1.82) is 0 Å². The first-order valence-electron chi connectivity index (χ1n) is 8.00. The Morgan fingerprint density at radius 3 is 2.81 bits per heavy atom. The van der Waals surface area contributed by atoms with Crippen molar-refractivity contribution < 1.29 is 4.79 Å². The molecule has 112 valence electrons. The number of nitrogens with zero attached hydrogens (tertiary/aromatic N) is 3. The van der Waals surface area contributed by atoms with Crippen LogP contribution in [0.5, 0.6) is 0 Å². The molecule has 5 heteroatoms. The largest absolute Gasteiger partial charge is 0.353 e. The van der Waals surface area contributed by atoms with Crippen molar-refractivity contribution in [2.45, 2.75) is 45.1 Å². The highest BCUT2D eigenvalue weighted by Gasteiger charge is 2.61. The number of carbonyl (C=O) groups excluding carboxylic acids is 1. The standard InChI is InChI=1S/C16H22N4O/c1-11-8-17-15(18-9-11)20-6-5-16(10-20)7-13(16)14(21)19-12-3-2-4-12/h8-9,12-13H,2-7,10H2,1H3,(H,19,21). The minimum absolute atomic E-state index is 0.197. The maximum Gasteiger partial charge on any atom is 0.225 e. The van der Waals surface area contributed by atoms with Gasteiger partial charge in [0.25, 0.3) is 0 Å². The molecular weight excluding hydrogens is 264 g/mol. The van der Waals surface area contributed by atoms with Gasteiger partial charge in [-0.15, -0.1) is 0 Å². The van der Waals surface area contributed by atoms with Crippen molar-refractivity contribution in [3.05, 3.63) is 18.0 Å². The molecule has 2 atom stereocenters. The molecule has 1 saturated heterocycles. The van der Waals surface area contributed by atoms with Gasteiger partial charge in [0.1, 0.15) is 0 Å². The van der Waals surface area contributed by atoms with E-state index in [-0.39, 0.29) is 17.2 Å². The molecule has 1 aromatic rings. The molecule has 2 unspecified atom stereocenters. The maximum atomic E-state index is 12.3. The van der Waals surface area contributed by atoms with Crippen LogP contribution in [0.25, 0.3) is 0 Å². The zero-order chi connectivity index (χ0) is 14.4. The minimum Gasteiger partial charge on any atom is -0.353 e. The van der Waals surface area contributed by atoms with Crippen molar-refractivity contribution in [3.63, 3.8) is 0 Å². The fourth-order valence-electron chi connectivity index (χ4n) is 3.64. The molecule has 0 bridgehead atoms. The summed E-state index contributed by atoms with van der Waals surface area (Å²) in [5, 5.41) is 3.20. The summed E-state index contributed by atoms with van der Waals surface area (Å²) < 4.78 is 0. The molecular formula is C16H22N4O. The number of rotatable bonds is 3. The average molecular weight is 286 g/mol. The number of amides is 1. The number of anilines is 1. The monoisotopic (exact) mass is 286 g/mol. The van der Waals surface area contributed by atoms with Crippen molar-refractivity contribution in [3.8, 4) is 0 Å². The predicted octanol–water partition coefficient (Wildman–Crippen LogP) is 1.67. The van der Waals surface area contributed by atoms with E-state index in [1.165, 1.54) is 6.42 Å². The van der Waals surface area contributed by atoms with Gasteiger partial charge in [0.05, 0.1) is 0 Å². The molecule has 4 rings (SSSR count). The Hall–Kier alpha value is -1.65. The van der Waals surface area contributed by atoms with Crippen molar-refractivity contribution in [2.75, 3.05) is 18.0 Å². The number of hydrogen-bond acceptors (Lipinski definition) is 4. The van der Waals surface area contributed by atoms with E-state index in [0.29, 0.717) is 6.04 Å². The molecule has 1 amide bonds. The van der Waals surface area contributed by atoms with Gasteiger partial charge >= 0.3 is 0 Å². The zero-order valence-electron chi connectivity index (χ0n) is 12.5. The second kappa shape index (κ2) is 4.68. The molecule has 1 N–H and O–H groups in total. The van der Waals surface area contributed by atoms with E-state index in [1.807, 2.05) is 19.3 Å². The summed E-state index contributed by atoms with van der Waals surface area (Å²) in [5.74, 6) is 1.31. The van der Waals surface area contributed by atoms with Gasteiger partial charge in [-0.1, -0.05) is 0 Å². The van der Waals surface area contributed by atoms with Crippen LogP contribution in [0.1, 0.15) is 37.7 Å². The van der Waals surface area contributed by atoms with Crippen molar-refractivity contribution in [1.82, 2.24) is 15.3 Å². The van der Waals surface area contributed by atoms with Crippen molar-refractivity contribution in [2.24, 2.45) is 11.3 Å². The minimum atomic E-state index is 0.197. The summed E-state index contributed by atoms with van der Waals surface area (Å²) in [6, 6.07) is 0.452. The summed E-state index contributed by atoms with van der Waals surface area (Å²) in [5.41, 5.74) is 1.28. The van der Waals surface area contributed by atoms with E-state index in [4.69, 9.17) is 0 Å². The molecule has 1 aromatic heterocycles. The normalized spacial score (nSPS) is 31.3. The summed E-state index contributed by atoms with van der Waals surface area (Å²) in [4.78, 5) is 23.3. The molecule has 3 aliphatic rings. The van der Waals surface area contributed by atoms with Crippen LogP contribution in [0.4, 0.5) is 5.95 Å². The van der Waals surface area contributed by atoms with Crippen LogP contribution in [-0.2, 0) is 4.79 Å². The Labute approximate surface area is 125 Å². The lowest BCUT2D eigenvalue weighted by atomic mass is 9.92. The lowest BCUT2D eigenvalue weighted by Crippen LogP contribution is -2.41. The Bertz CT molecular complexity index is 554. The third kappa shape index (κ3) is 2.28. The van der Waals surface area contributed by atoms with E-state index < -0.39 is 0 Å². The van der Waals surface area contributed by atoms with Crippen molar-refractivity contribution >= 4 is 11.9 Å². The second-order valence-electron chi connectivity index (χ2n) is 6.99. The number of hydrogen-bond donors (Lipinski definition) is 1.